The number of thiophene rings is 1. The van der Waals surface area contributed by atoms with Crippen LogP contribution in [0.3, 0.4) is 0 Å². The molecule has 0 spiro atoms. The van der Waals surface area contributed by atoms with Gasteiger partial charge in [0.05, 0.1) is 11.5 Å². The van der Waals surface area contributed by atoms with E-state index in [4.69, 9.17) is 15.6 Å². The zero-order valence-corrected chi connectivity index (χ0v) is 12.2. The Morgan fingerprint density at radius 3 is 2.71 bits per heavy atom. The normalized spacial score (nSPS) is 9.76. The monoisotopic (exact) mass is 301 g/mol. The zero-order chi connectivity index (χ0) is 15.1. The van der Waals surface area contributed by atoms with E-state index in [1.54, 1.807) is 35.6 Å². The third-order valence-electron chi connectivity index (χ3n) is 2.71. The summed E-state index contributed by atoms with van der Waals surface area (Å²) in [7, 11) is 0. The predicted octanol–water partition coefficient (Wildman–Crippen LogP) is 2.16. The quantitative estimate of drug-likeness (QED) is 0.831. The minimum atomic E-state index is -0.457. The second kappa shape index (κ2) is 7.48. The summed E-state index contributed by atoms with van der Waals surface area (Å²) in [5.41, 5.74) is 6.55. The van der Waals surface area contributed by atoms with Gasteiger partial charge in [0.1, 0.15) is 12.4 Å². The smallest absolute Gasteiger partial charge is 0.248 e. The van der Waals surface area contributed by atoms with Crippen molar-refractivity contribution >= 4 is 17.2 Å². The average Bonchev–Trinajstić information content (AvgIpc) is 2.93. The van der Waals surface area contributed by atoms with E-state index in [2.05, 4.69) is 11.8 Å². The summed E-state index contributed by atoms with van der Waals surface area (Å²) < 4.78 is 5.67. The van der Waals surface area contributed by atoms with Gasteiger partial charge in [-0.2, -0.15) is 0 Å². The number of rotatable bonds is 5. The zero-order valence-electron chi connectivity index (χ0n) is 11.3. The predicted molar refractivity (Wildman–Crippen MR) is 82.2 cm³/mol. The first-order valence-corrected chi connectivity index (χ1v) is 7.27. The summed E-state index contributed by atoms with van der Waals surface area (Å²) in [5.74, 6) is 6.12. The molecule has 0 atom stereocenters. The number of carbonyl (C=O) groups is 1. The van der Waals surface area contributed by atoms with Crippen molar-refractivity contribution in [3.63, 3.8) is 0 Å². The minimum absolute atomic E-state index is 0.0647. The molecule has 0 saturated heterocycles. The molecule has 2 aromatic rings. The van der Waals surface area contributed by atoms with Crippen LogP contribution in [0.4, 0.5) is 0 Å². The summed E-state index contributed by atoms with van der Waals surface area (Å²) in [6.45, 7) is 0.478. The van der Waals surface area contributed by atoms with Crippen molar-refractivity contribution in [2.75, 3.05) is 6.61 Å². The Hall–Kier alpha value is -2.29. The molecule has 0 saturated carbocycles. The third-order valence-corrected chi connectivity index (χ3v) is 3.61. The van der Waals surface area contributed by atoms with Crippen molar-refractivity contribution in [3.8, 4) is 17.6 Å². The summed E-state index contributed by atoms with van der Waals surface area (Å²) in [4.78, 5) is 12.0. The van der Waals surface area contributed by atoms with Crippen LogP contribution in [0, 0.1) is 11.8 Å². The average molecular weight is 301 g/mol. The molecule has 1 aromatic carbocycles. The molecule has 108 valence electrons. The lowest BCUT2D eigenvalue weighted by molar-refractivity contribution is 0.1000. The van der Waals surface area contributed by atoms with Crippen LogP contribution >= 0.6 is 11.3 Å². The summed E-state index contributed by atoms with van der Waals surface area (Å²) in [6, 6.07) is 8.63. The molecule has 3 N–H and O–H groups in total. The summed E-state index contributed by atoms with van der Waals surface area (Å²) >= 11 is 1.57. The van der Waals surface area contributed by atoms with Gasteiger partial charge in [0, 0.05) is 17.5 Å². The van der Waals surface area contributed by atoms with Gasteiger partial charge in [-0.1, -0.05) is 11.8 Å². The van der Waals surface area contributed by atoms with Crippen LogP contribution in [0.2, 0.25) is 0 Å². The van der Waals surface area contributed by atoms with Gasteiger partial charge in [-0.05, 0) is 35.7 Å². The molecule has 0 radical (unpaired) electrons. The van der Waals surface area contributed by atoms with Crippen molar-refractivity contribution in [1.29, 1.82) is 0 Å². The molecule has 0 fully saturated rings. The molecule has 2 rings (SSSR count). The number of nitrogens with two attached hydrogens (primary N) is 1. The van der Waals surface area contributed by atoms with Crippen molar-refractivity contribution < 1.29 is 14.6 Å². The molecule has 0 unspecified atom stereocenters. The molecule has 1 amide bonds. The maximum absolute atomic E-state index is 11.0. The van der Waals surface area contributed by atoms with Crippen molar-refractivity contribution in [2.24, 2.45) is 5.73 Å². The first kappa shape index (κ1) is 15.1. The SMILES string of the molecule is NC(=O)c1ccc(OCc2sccc2C#CCCO)cc1. The van der Waals surface area contributed by atoms with Crippen LogP contribution in [0.15, 0.2) is 35.7 Å². The van der Waals surface area contributed by atoms with E-state index in [1.165, 1.54) is 0 Å². The van der Waals surface area contributed by atoms with E-state index in [0.717, 1.165) is 10.4 Å². The van der Waals surface area contributed by atoms with Crippen LogP contribution < -0.4 is 10.5 Å². The molecule has 5 heteroatoms. The highest BCUT2D eigenvalue weighted by Gasteiger charge is 2.04. The number of aliphatic hydroxyl groups is 1. The molecular formula is C16H15NO3S. The number of hydrogen-bond acceptors (Lipinski definition) is 4. The van der Waals surface area contributed by atoms with Gasteiger partial charge in [0.15, 0.2) is 0 Å². The van der Waals surface area contributed by atoms with Gasteiger partial charge >= 0.3 is 0 Å². The topological polar surface area (TPSA) is 72.6 Å². The molecular weight excluding hydrogens is 286 g/mol. The maximum Gasteiger partial charge on any atom is 0.248 e. The van der Waals surface area contributed by atoms with Crippen LogP contribution in [0.25, 0.3) is 0 Å². The van der Waals surface area contributed by atoms with Crippen LogP contribution in [0.1, 0.15) is 27.2 Å². The lowest BCUT2D eigenvalue weighted by Crippen LogP contribution is -2.10. The molecule has 0 aliphatic rings. The first-order chi connectivity index (χ1) is 10.2. The lowest BCUT2D eigenvalue weighted by Gasteiger charge is -2.05. The number of hydrogen-bond donors (Lipinski definition) is 2. The van der Waals surface area contributed by atoms with E-state index in [1.807, 2.05) is 11.4 Å². The van der Waals surface area contributed by atoms with Gasteiger partial charge in [0.25, 0.3) is 0 Å². The molecule has 0 aliphatic heterocycles. The van der Waals surface area contributed by atoms with E-state index in [9.17, 15) is 4.79 Å². The van der Waals surface area contributed by atoms with E-state index in [-0.39, 0.29) is 6.61 Å². The van der Waals surface area contributed by atoms with Crippen LogP contribution in [0.5, 0.6) is 5.75 Å². The van der Waals surface area contributed by atoms with Gasteiger partial charge in [-0.25, -0.2) is 0 Å². The number of aliphatic hydroxyl groups excluding tert-OH is 1. The number of amides is 1. The largest absolute Gasteiger partial charge is 0.488 e. The molecule has 0 aliphatic carbocycles. The second-order valence-electron chi connectivity index (χ2n) is 4.21. The minimum Gasteiger partial charge on any atom is -0.488 e. The lowest BCUT2D eigenvalue weighted by atomic mass is 10.2. The van der Waals surface area contributed by atoms with E-state index >= 15 is 0 Å². The Bertz CT molecular complexity index is 665. The fourth-order valence-electron chi connectivity index (χ4n) is 1.64. The molecule has 1 aromatic heterocycles. The maximum atomic E-state index is 11.0. The summed E-state index contributed by atoms with van der Waals surface area (Å²) in [5, 5.41) is 10.7. The Morgan fingerprint density at radius 1 is 1.29 bits per heavy atom. The first-order valence-electron chi connectivity index (χ1n) is 6.39. The van der Waals surface area contributed by atoms with Crippen LogP contribution in [-0.2, 0) is 6.61 Å². The van der Waals surface area contributed by atoms with Gasteiger partial charge in [-0.15, -0.1) is 11.3 Å². The highest BCUT2D eigenvalue weighted by Crippen LogP contribution is 2.19. The molecule has 21 heavy (non-hydrogen) atoms. The number of benzene rings is 1. The van der Waals surface area contributed by atoms with Crippen molar-refractivity contribution in [3.05, 3.63) is 51.7 Å². The second-order valence-corrected chi connectivity index (χ2v) is 5.21. The molecule has 0 bridgehead atoms. The number of carbonyl (C=O) groups excluding carboxylic acids is 1. The Kier molecular flexibility index (Phi) is 5.38. The third kappa shape index (κ3) is 4.35. The molecule has 4 nitrogen and oxygen atoms in total. The van der Waals surface area contributed by atoms with E-state index in [0.29, 0.717) is 24.3 Å². The van der Waals surface area contributed by atoms with Gasteiger partial charge < -0.3 is 15.6 Å². The van der Waals surface area contributed by atoms with Gasteiger partial charge in [-0.3, -0.25) is 4.79 Å². The Morgan fingerprint density at radius 2 is 2.05 bits per heavy atom. The number of primary amides is 1. The fraction of sp³-hybridized carbons (Fsp3) is 0.188. The van der Waals surface area contributed by atoms with Crippen molar-refractivity contribution in [1.82, 2.24) is 0 Å². The van der Waals surface area contributed by atoms with Crippen LogP contribution in [-0.4, -0.2) is 17.6 Å². The van der Waals surface area contributed by atoms with E-state index < -0.39 is 5.91 Å². The van der Waals surface area contributed by atoms with Crippen molar-refractivity contribution in [2.45, 2.75) is 13.0 Å². The highest BCUT2D eigenvalue weighted by atomic mass is 32.1. The summed E-state index contributed by atoms with van der Waals surface area (Å²) in [6.07, 6.45) is 0.463. The number of ether oxygens (including phenoxy) is 1. The Balaban J connectivity index is 1.99. The Labute approximate surface area is 127 Å². The van der Waals surface area contributed by atoms with Gasteiger partial charge in [0.2, 0.25) is 5.91 Å². The molecule has 1 heterocycles. The standard InChI is InChI=1S/C16H15NO3S/c17-16(19)13-4-6-14(7-5-13)20-11-15-12(8-10-21-15)3-1-2-9-18/h4-8,10,18H,2,9,11H2,(H2,17,19). The highest BCUT2D eigenvalue weighted by molar-refractivity contribution is 7.10. The fourth-order valence-corrected chi connectivity index (χ4v) is 2.38.